The summed E-state index contributed by atoms with van der Waals surface area (Å²) in [5.74, 6) is 0.734. The van der Waals surface area contributed by atoms with E-state index < -0.39 is 0 Å². The number of carbonyl (C=O) groups is 1. The van der Waals surface area contributed by atoms with E-state index in [1.165, 1.54) is 5.56 Å². The van der Waals surface area contributed by atoms with Crippen molar-refractivity contribution in [2.45, 2.75) is 25.9 Å². The molecule has 0 radical (unpaired) electrons. The number of ether oxygens (including phenoxy) is 1. The summed E-state index contributed by atoms with van der Waals surface area (Å²) >= 11 is 0. The summed E-state index contributed by atoms with van der Waals surface area (Å²) in [6, 6.07) is 19.9. The summed E-state index contributed by atoms with van der Waals surface area (Å²) in [6.07, 6.45) is 1.67. The summed E-state index contributed by atoms with van der Waals surface area (Å²) in [7, 11) is 0. The maximum Gasteiger partial charge on any atom is 0.272 e. The van der Waals surface area contributed by atoms with Gasteiger partial charge < -0.3 is 15.4 Å². The van der Waals surface area contributed by atoms with Gasteiger partial charge in [0.15, 0.2) is 5.69 Å². The second-order valence-electron chi connectivity index (χ2n) is 7.08. The third kappa shape index (κ3) is 5.40. The van der Waals surface area contributed by atoms with Crippen LogP contribution < -0.4 is 15.4 Å². The molecule has 7 heteroatoms. The lowest BCUT2D eigenvalue weighted by Crippen LogP contribution is -2.29. The first-order valence-corrected chi connectivity index (χ1v) is 10.1. The fraction of sp³-hybridized carbons (Fsp3) is 0.304. The molecule has 1 amide bonds. The minimum absolute atomic E-state index is 0. The lowest BCUT2D eigenvalue weighted by atomic mass is 10.1. The Kier molecular flexibility index (Phi) is 7.88. The van der Waals surface area contributed by atoms with Crippen molar-refractivity contribution in [1.29, 1.82) is 0 Å². The molecule has 6 nitrogen and oxygen atoms in total. The Hall–Kier alpha value is -2.83. The second kappa shape index (κ2) is 10.8. The number of nitrogens with one attached hydrogen (secondary N) is 2. The highest BCUT2D eigenvalue weighted by molar-refractivity contribution is 5.94. The summed E-state index contributed by atoms with van der Waals surface area (Å²) < 4.78 is 7.74. The highest BCUT2D eigenvalue weighted by atomic mass is 35.5. The van der Waals surface area contributed by atoms with Gasteiger partial charge in [-0.3, -0.25) is 9.48 Å². The Morgan fingerprint density at radius 1 is 1.10 bits per heavy atom. The average molecular weight is 427 g/mol. The maximum absolute atomic E-state index is 12.8. The quantitative estimate of drug-likeness (QED) is 0.581. The summed E-state index contributed by atoms with van der Waals surface area (Å²) in [6.45, 7) is 3.30. The van der Waals surface area contributed by atoms with Crippen molar-refractivity contribution in [2.75, 3.05) is 19.7 Å². The molecule has 0 bridgehead atoms. The molecule has 30 heavy (non-hydrogen) atoms. The number of hydrogen-bond donors (Lipinski definition) is 2. The van der Waals surface area contributed by atoms with Crippen LogP contribution in [0.25, 0.3) is 0 Å². The van der Waals surface area contributed by atoms with Gasteiger partial charge in [0.25, 0.3) is 5.91 Å². The lowest BCUT2D eigenvalue weighted by molar-refractivity contribution is 0.0947. The Bertz CT molecular complexity index is 945. The molecule has 1 aliphatic heterocycles. The number of aromatic nitrogens is 2. The Morgan fingerprint density at radius 2 is 1.83 bits per heavy atom. The van der Waals surface area contributed by atoms with Crippen LogP contribution in [0.15, 0.2) is 60.7 Å². The van der Waals surface area contributed by atoms with Gasteiger partial charge in [0, 0.05) is 37.3 Å². The third-order valence-corrected chi connectivity index (χ3v) is 5.08. The van der Waals surface area contributed by atoms with Crippen LogP contribution in [0.3, 0.4) is 0 Å². The van der Waals surface area contributed by atoms with E-state index in [-0.39, 0.29) is 18.3 Å². The molecule has 1 aliphatic rings. The Labute approximate surface area is 183 Å². The summed E-state index contributed by atoms with van der Waals surface area (Å²) in [5, 5.41) is 11.0. The van der Waals surface area contributed by atoms with Crippen molar-refractivity contribution in [1.82, 2.24) is 20.4 Å². The van der Waals surface area contributed by atoms with Crippen LogP contribution in [-0.4, -0.2) is 35.4 Å². The Morgan fingerprint density at radius 3 is 2.60 bits per heavy atom. The molecule has 2 heterocycles. The van der Waals surface area contributed by atoms with Gasteiger partial charge in [-0.2, -0.15) is 5.10 Å². The van der Waals surface area contributed by atoms with Crippen LogP contribution in [0, 0.1) is 0 Å². The molecule has 0 saturated heterocycles. The normalized spacial score (nSPS) is 12.5. The van der Waals surface area contributed by atoms with E-state index in [1.54, 1.807) is 0 Å². The molecule has 2 N–H and O–H groups in total. The molecule has 2 aromatic carbocycles. The minimum atomic E-state index is -0.108. The largest absolute Gasteiger partial charge is 0.492 e. The van der Waals surface area contributed by atoms with Crippen molar-refractivity contribution in [3.63, 3.8) is 0 Å². The van der Waals surface area contributed by atoms with Crippen molar-refractivity contribution in [2.24, 2.45) is 0 Å². The van der Waals surface area contributed by atoms with E-state index in [0.29, 0.717) is 31.9 Å². The van der Waals surface area contributed by atoms with E-state index in [2.05, 4.69) is 27.9 Å². The monoisotopic (exact) mass is 426 g/mol. The molecule has 0 atom stereocenters. The van der Waals surface area contributed by atoms with E-state index in [1.807, 2.05) is 53.2 Å². The third-order valence-electron chi connectivity index (χ3n) is 5.08. The van der Waals surface area contributed by atoms with Gasteiger partial charge in [0.2, 0.25) is 0 Å². The number of carbonyl (C=O) groups excluding carboxylic acids is 1. The molecule has 0 unspecified atom stereocenters. The number of halogens is 1. The number of amides is 1. The van der Waals surface area contributed by atoms with Gasteiger partial charge in [-0.15, -0.1) is 12.4 Å². The molecule has 158 valence electrons. The smallest absolute Gasteiger partial charge is 0.272 e. The fourth-order valence-corrected chi connectivity index (χ4v) is 3.60. The highest BCUT2D eigenvalue weighted by Crippen LogP contribution is 2.19. The molecule has 0 fully saturated rings. The second-order valence-corrected chi connectivity index (χ2v) is 7.08. The first-order valence-electron chi connectivity index (χ1n) is 10.1. The molecule has 4 rings (SSSR count). The first-order chi connectivity index (χ1) is 14.3. The minimum Gasteiger partial charge on any atom is -0.492 e. The van der Waals surface area contributed by atoms with Crippen LogP contribution in [0.5, 0.6) is 5.75 Å². The van der Waals surface area contributed by atoms with Gasteiger partial charge in [-0.05, 0) is 24.1 Å². The van der Waals surface area contributed by atoms with Crippen LogP contribution in [-0.2, 0) is 25.9 Å². The van der Waals surface area contributed by atoms with Crippen LogP contribution in [0.1, 0.15) is 27.3 Å². The zero-order chi connectivity index (χ0) is 19.9. The number of fused-ring (bicyclic) bond motifs is 1. The topological polar surface area (TPSA) is 68.2 Å². The molecular weight excluding hydrogens is 400 g/mol. The number of benzene rings is 2. The van der Waals surface area contributed by atoms with Crippen LogP contribution >= 0.6 is 12.4 Å². The zero-order valence-electron chi connectivity index (χ0n) is 16.8. The predicted octanol–water partition coefficient (Wildman–Crippen LogP) is 3.00. The van der Waals surface area contributed by atoms with E-state index >= 15 is 0 Å². The average Bonchev–Trinajstić information content (AvgIpc) is 3.14. The van der Waals surface area contributed by atoms with Crippen molar-refractivity contribution in [3.05, 3.63) is 83.2 Å². The lowest BCUT2D eigenvalue weighted by Gasteiger charge is -2.15. The first kappa shape index (κ1) is 21.9. The fourth-order valence-electron chi connectivity index (χ4n) is 3.60. The van der Waals surface area contributed by atoms with Gasteiger partial charge >= 0.3 is 0 Å². The van der Waals surface area contributed by atoms with E-state index in [0.717, 1.165) is 36.4 Å². The number of hydrogen-bond acceptors (Lipinski definition) is 4. The number of rotatable bonds is 8. The maximum atomic E-state index is 12.8. The summed E-state index contributed by atoms with van der Waals surface area (Å²) in [5.41, 5.74) is 3.88. The predicted molar refractivity (Wildman–Crippen MR) is 119 cm³/mol. The molecule has 0 saturated carbocycles. The standard InChI is InChI=1S/C23H26N4O2.ClH/c28-23(25-14-11-18-7-3-1-4-8-18)22-20-17-24-13-12-21(20)27(26-22)15-16-29-19-9-5-2-6-10-19;/h1-10,24H,11-17H2,(H,25,28);1H. The van der Waals surface area contributed by atoms with Gasteiger partial charge in [0.1, 0.15) is 12.4 Å². The SMILES string of the molecule is Cl.O=C(NCCc1ccccc1)c1nn(CCOc2ccccc2)c2c1CNCC2. The zero-order valence-corrected chi connectivity index (χ0v) is 17.7. The highest BCUT2D eigenvalue weighted by Gasteiger charge is 2.24. The molecule has 0 aliphatic carbocycles. The van der Waals surface area contributed by atoms with Gasteiger partial charge in [0.05, 0.1) is 6.54 Å². The summed E-state index contributed by atoms with van der Waals surface area (Å²) in [4.78, 5) is 12.8. The number of nitrogens with zero attached hydrogens (tertiary/aromatic N) is 2. The molecular formula is C23H27ClN4O2. The Balaban J connectivity index is 0.00000256. The van der Waals surface area contributed by atoms with Gasteiger partial charge in [-0.1, -0.05) is 48.5 Å². The van der Waals surface area contributed by atoms with Gasteiger partial charge in [-0.25, -0.2) is 0 Å². The molecule has 0 spiro atoms. The molecule has 3 aromatic rings. The number of para-hydroxylation sites is 1. The van der Waals surface area contributed by atoms with Crippen LogP contribution in [0.4, 0.5) is 0 Å². The van der Waals surface area contributed by atoms with Crippen LogP contribution in [0.2, 0.25) is 0 Å². The van der Waals surface area contributed by atoms with Crippen molar-refractivity contribution >= 4 is 18.3 Å². The molecule has 1 aromatic heterocycles. The van der Waals surface area contributed by atoms with E-state index in [9.17, 15) is 4.79 Å². The van der Waals surface area contributed by atoms with E-state index in [4.69, 9.17) is 4.74 Å². The van der Waals surface area contributed by atoms with Crippen molar-refractivity contribution < 1.29 is 9.53 Å². The van der Waals surface area contributed by atoms with Crippen molar-refractivity contribution in [3.8, 4) is 5.75 Å².